The maximum absolute atomic E-state index is 12.4. The van der Waals surface area contributed by atoms with Crippen LogP contribution in [0.5, 0.6) is 0 Å². The molecule has 2 rings (SSSR count). The van der Waals surface area contributed by atoms with E-state index in [1.165, 1.54) is 77.0 Å². The molecule has 6 nitrogen and oxygen atoms in total. The Bertz CT molecular complexity index is 973. The van der Waals surface area contributed by atoms with Crippen molar-refractivity contribution in [2.24, 2.45) is 0 Å². The Morgan fingerprint density at radius 1 is 0.545 bits per heavy atom. The molecule has 246 valence electrons. The molecular weight excluding hydrogens is 548 g/mol. The first-order valence-corrected chi connectivity index (χ1v) is 17.3. The highest BCUT2D eigenvalue weighted by Crippen LogP contribution is 2.23. The van der Waals surface area contributed by atoms with Crippen LogP contribution in [0.3, 0.4) is 0 Å². The van der Waals surface area contributed by atoms with Crippen molar-refractivity contribution in [2.75, 3.05) is 40.3 Å². The minimum atomic E-state index is -0.164. The first kappa shape index (κ1) is 37.5. The second kappa shape index (κ2) is 23.7. The van der Waals surface area contributed by atoms with E-state index in [0.29, 0.717) is 12.8 Å². The van der Waals surface area contributed by atoms with Crippen molar-refractivity contribution in [3.8, 4) is 11.1 Å². The number of nitrogens with zero attached hydrogens (tertiary/aromatic N) is 2. The van der Waals surface area contributed by atoms with Crippen LogP contribution in [0.2, 0.25) is 0 Å². The molecule has 0 atom stereocenters. The topological polar surface area (TPSA) is 59.1 Å². The minimum Gasteiger partial charge on any atom is -0.461 e. The number of benzene rings is 2. The van der Waals surface area contributed by atoms with E-state index in [1.54, 1.807) is 0 Å². The summed E-state index contributed by atoms with van der Waals surface area (Å²) >= 11 is 0. The Morgan fingerprint density at radius 3 is 1.34 bits per heavy atom. The van der Waals surface area contributed by atoms with Crippen molar-refractivity contribution in [1.29, 1.82) is 0 Å². The Balaban J connectivity index is 1.70. The van der Waals surface area contributed by atoms with Crippen LogP contribution in [0.15, 0.2) is 48.5 Å². The van der Waals surface area contributed by atoms with Gasteiger partial charge in [0.15, 0.2) is 0 Å². The van der Waals surface area contributed by atoms with E-state index < -0.39 is 0 Å². The summed E-state index contributed by atoms with van der Waals surface area (Å²) in [7, 11) is 4.16. The van der Waals surface area contributed by atoms with Gasteiger partial charge in [0, 0.05) is 13.1 Å². The summed E-state index contributed by atoms with van der Waals surface area (Å²) in [5.74, 6) is -0.328. The fourth-order valence-corrected chi connectivity index (χ4v) is 5.27. The van der Waals surface area contributed by atoms with Gasteiger partial charge in [0.2, 0.25) is 0 Å². The molecule has 0 aromatic heterocycles. The van der Waals surface area contributed by atoms with Gasteiger partial charge < -0.3 is 19.3 Å². The van der Waals surface area contributed by atoms with Crippen molar-refractivity contribution in [3.63, 3.8) is 0 Å². The number of unbranched alkanes of at least 4 members (excludes halogenated alkanes) is 10. The smallest absolute Gasteiger partial charge is 0.307 e. The van der Waals surface area contributed by atoms with Crippen LogP contribution in [0, 0.1) is 0 Å². The van der Waals surface area contributed by atoms with E-state index in [9.17, 15) is 9.59 Å². The number of hydrogen-bond donors (Lipinski definition) is 0. The third-order valence-electron chi connectivity index (χ3n) is 8.17. The predicted molar refractivity (Wildman–Crippen MR) is 182 cm³/mol. The molecule has 2 aromatic carbocycles. The van der Waals surface area contributed by atoms with Crippen LogP contribution in [0.1, 0.15) is 115 Å². The molecule has 0 fully saturated rings. The molecule has 44 heavy (non-hydrogen) atoms. The molecule has 0 unspecified atom stereocenters. The van der Waals surface area contributed by atoms with Crippen molar-refractivity contribution in [3.05, 3.63) is 59.7 Å². The average molecular weight is 609 g/mol. The number of rotatable bonds is 25. The molecule has 0 N–H and O–H groups in total. The minimum absolute atomic E-state index is 0.164. The van der Waals surface area contributed by atoms with Crippen molar-refractivity contribution in [2.45, 2.75) is 117 Å². The summed E-state index contributed by atoms with van der Waals surface area (Å²) in [6.07, 6.45) is 16.2. The molecule has 0 aliphatic carbocycles. The SMILES string of the molecule is CCCCCCCCN(C)CCC(=O)OCc1cccc(-c2cccc(COC(=O)CCN(C)CCCCCCCC)c2)c1. The molecule has 0 aliphatic heterocycles. The fourth-order valence-electron chi connectivity index (χ4n) is 5.27. The highest BCUT2D eigenvalue weighted by atomic mass is 16.5. The van der Waals surface area contributed by atoms with Crippen LogP contribution in [0.25, 0.3) is 11.1 Å². The predicted octanol–water partition coefficient (Wildman–Crippen LogP) is 8.80. The number of esters is 2. The van der Waals surface area contributed by atoms with Crippen molar-refractivity contribution < 1.29 is 19.1 Å². The normalized spacial score (nSPS) is 11.3. The van der Waals surface area contributed by atoms with E-state index in [2.05, 4.69) is 49.9 Å². The summed E-state index contributed by atoms with van der Waals surface area (Å²) in [5, 5.41) is 0. The summed E-state index contributed by atoms with van der Waals surface area (Å²) in [4.78, 5) is 29.2. The van der Waals surface area contributed by atoms with E-state index >= 15 is 0 Å². The Labute approximate surface area is 268 Å². The second-order valence-corrected chi connectivity index (χ2v) is 12.4. The van der Waals surface area contributed by atoms with E-state index in [1.807, 2.05) is 36.4 Å². The third kappa shape index (κ3) is 17.6. The van der Waals surface area contributed by atoms with Crippen LogP contribution in [0.4, 0.5) is 0 Å². The highest BCUT2D eigenvalue weighted by Gasteiger charge is 2.09. The van der Waals surface area contributed by atoms with Crippen molar-refractivity contribution in [1.82, 2.24) is 9.80 Å². The number of hydrogen-bond acceptors (Lipinski definition) is 6. The van der Waals surface area contributed by atoms with Gasteiger partial charge in [0.1, 0.15) is 13.2 Å². The molecule has 0 spiro atoms. The molecule has 0 amide bonds. The van der Waals surface area contributed by atoms with Gasteiger partial charge in [0.25, 0.3) is 0 Å². The fraction of sp³-hybridized carbons (Fsp3) is 0.632. The summed E-state index contributed by atoms with van der Waals surface area (Å²) < 4.78 is 11.2. The van der Waals surface area contributed by atoms with Gasteiger partial charge in [-0.1, -0.05) is 114 Å². The number of carbonyl (C=O) groups excluding carboxylic acids is 2. The summed E-state index contributed by atoms with van der Waals surface area (Å²) in [5.41, 5.74) is 4.00. The molecule has 6 heteroatoms. The molecular formula is C38H60N2O4. The molecule has 0 bridgehead atoms. The maximum atomic E-state index is 12.4. The van der Waals surface area contributed by atoms with Gasteiger partial charge in [-0.2, -0.15) is 0 Å². The average Bonchev–Trinajstić information content (AvgIpc) is 3.04. The summed E-state index contributed by atoms with van der Waals surface area (Å²) in [6.45, 7) is 8.50. The van der Waals surface area contributed by atoms with Gasteiger partial charge in [-0.25, -0.2) is 0 Å². The molecule has 0 aliphatic rings. The van der Waals surface area contributed by atoms with E-state index in [4.69, 9.17) is 9.47 Å². The molecule has 0 saturated carbocycles. The second-order valence-electron chi connectivity index (χ2n) is 12.4. The third-order valence-corrected chi connectivity index (χ3v) is 8.17. The molecule has 0 saturated heterocycles. The van der Waals surface area contributed by atoms with E-state index in [0.717, 1.165) is 48.4 Å². The van der Waals surface area contributed by atoms with Gasteiger partial charge >= 0.3 is 11.9 Å². The lowest BCUT2D eigenvalue weighted by molar-refractivity contribution is -0.146. The lowest BCUT2D eigenvalue weighted by atomic mass is 10.0. The maximum Gasteiger partial charge on any atom is 0.307 e. The zero-order valence-corrected chi connectivity index (χ0v) is 28.3. The quantitative estimate of drug-likeness (QED) is 0.0829. The zero-order valence-electron chi connectivity index (χ0n) is 28.3. The van der Waals surface area contributed by atoms with Crippen LogP contribution in [-0.2, 0) is 32.3 Å². The van der Waals surface area contributed by atoms with Gasteiger partial charge in [-0.05, 0) is 74.4 Å². The number of ether oxygens (including phenoxy) is 2. The summed E-state index contributed by atoms with van der Waals surface area (Å²) in [6, 6.07) is 16.2. The zero-order chi connectivity index (χ0) is 31.8. The molecule has 2 aromatic rings. The highest BCUT2D eigenvalue weighted by molar-refractivity contribution is 5.70. The van der Waals surface area contributed by atoms with Gasteiger partial charge in [0.05, 0.1) is 12.8 Å². The van der Waals surface area contributed by atoms with Crippen LogP contribution < -0.4 is 0 Å². The van der Waals surface area contributed by atoms with Crippen LogP contribution >= 0.6 is 0 Å². The number of carbonyl (C=O) groups is 2. The van der Waals surface area contributed by atoms with Gasteiger partial charge in [-0.3, -0.25) is 9.59 Å². The lowest BCUT2D eigenvalue weighted by Gasteiger charge is -2.16. The van der Waals surface area contributed by atoms with Gasteiger partial charge in [-0.15, -0.1) is 0 Å². The first-order valence-electron chi connectivity index (χ1n) is 17.3. The van der Waals surface area contributed by atoms with Crippen molar-refractivity contribution >= 4 is 11.9 Å². The Hall–Kier alpha value is -2.70. The monoisotopic (exact) mass is 608 g/mol. The molecule has 0 radical (unpaired) electrons. The Kier molecular flexibility index (Phi) is 20.2. The molecule has 0 heterocycles. The Morgan fingerprint density at radius 2 is 0.932 bits per heavy atom. The van der Waals surface area contributed by atoms with Crippen LogP contribution in [-0.4, -0.2) is 62.0 Å². The largest absolute Gasteiger partial charge is 0.461 e. The standard InChI is InChI=1S/C38H60N2O4/c1-5-7-9-11-13-15-25-39(3)27-23-37(41)43-31-33-19-17-21-35(29-33)36-22-18-20-34(30-36)32-44-38(42)24-28-40(4)26-16-14-12-10-8-6-2/h17-22,29-30H,5-16,23-28,31-32H2,1-4H3. The lowest BCUT2D eigenvalue weighted by Crippen LogP contribution is -2.23. The van der Waals surface area contributed by atoms with E-state index in [-0.39, 0.29) is 25.2 Å². The first-order chi connectivity index (χ1) is 21.4.